The summed E-state index contributed by atoms with van der Waals surface area (Å²) in [5.41, 5.74) is 0.762. The van der Waals surface area contributed by atoms with E-state index >= 15 is 0 Å². The Morgan fingerprint density at radius 1 is 1.47 bits per heavy atom. The molecular formula is C11H17FN2O. The highest BCUT2D eigenvalue weighted by Crippen LogP contribution is 2.06. The molecule has 0 unspecified atom stereocenters. The molecular weight excluding hydrogens is 195 g/mol. The van der Waals surface area contributed by atoms with E-state index in [1.165, 1.54) is 12.3 Å². The normalized spacial score (nSPS) is 10.3. The van der Waals surface area contributed by atoms with Gasteiger partial charge in [-0.1, -0.05) is 6.92 Å². The quantitative estimate of drug-likeness (QED) is 0.557. The fraction of sp³-hybridized carbons (Fsp3) is 0.545. The number of hydrogen-bond donors (Lipinski definition) is 1. The van der Waals surface area contributed by atoms with Gasteiger partial charge in [0.2, 0.25) is 5.95 Å². The van der Waals surface area contributed by atoms with Gasteiger partial charge in [0, 0.05) is 37.7 Å². The van der Waals surface area contributed by atoms with Crippen molar-refractivity contribution < 1.29 is 9.13 Å². The van der Waals surface area contributed by atoms with Crippen LogP contribution in [0.3, 0.4) is 0 Å². The summed E-state index contributed by atoms with van der Waals surface area (Å²) >= 11 is 0. The van der Waals surface area contributed by atoms with E-state index in [9.17, 15) is 4.39 Å². The minimum absolute atomic E-state index is 0.456. The van der Waals surface area contributed by atoms with Gasteiger partial charge in [0.25, 0.3) is 0 Å². The van der Waals surface area contributed by atoms with Gasteiger partial charge in [-0.3, -0.25) is 0 Å². The zero-order valence-corrected chi connectivity index (χ0v) is 9.00. The van der Waals surface area contributed by atoms with Crippen LogP contribution in [0.2, 0.25) is 0 Å². The molecule has 0 bridgehead atoms. The van der Waals surface area contributed by atoms with Crippen LogP contribution >= 0.6 is 0 Å². The van der Waals surface area contributed by atoms with Crippen LogP contribution in [0.5, 0.6) is 0 Å². The fourth-order valence-electron chi connectivity index (χ4n) is 1.17. The topological polar surface area (TPSA) is 34.1 Å². The van der Waals surface area contributed by atoms with Gasteiger partial charge < -0.3 is 10.1 Å². The van der Waals surface area contributed by atoms with Crippen molar-refractivity contribution in [3.8, 4) is 0 Å². The lowest BCUT2D eigenvalue weighted by molar-refractivity contribution is 0.134. The summed E-state index contributed by atoms with van der Waals surface area (Å²) in [6, 6.07) is 3.13. The SMILES string of the molecule is CCCOCCCNc1ccnc(F)c1. The van der Waals surface area contributed by atoms with Crippen LogP contribution in [0, 0.1) is 5.95 Å². The van der Waals surface area contributed by atoms with Gasteiger partial charge >= 0.3 is 0 Å². The zero-order valence-electron chi connectivity index (χ0n) is 9.00. The largest absolute Gasteiger partial charge is 0.385 e. The summed E-state index contributed by atoms with van der Waals surface area (Å²) in [4.78, 5) is 3.48. The number of aromatic nitrogens is 1. The number of nitrogens with zero attached hydrogens (tertiary/aromatic N) is 1. The number of pyridine rings is 1. The van der Waals surface area contributed by atoms with Gasteiger partial charge in [-0.2, -0.15) is 4.39 Å². The highest BCUT2D eigenvalue weighted by atomic mass is 19.1. The second-order valence-electron chi connectivity index (χ2n) is 3.26. The Balaban J connectivity index is 2.10. The monoisotopic (exact) mass is 212 g/mol. The van der Waals surface area contributed by atoms with Crippen LogP contribution in [0.25, 0.3) is 0 Å². The first-order chi connectivity index (χ1) is 7.33. The number of halogens is 1. The molecule has 0 aliphatic heterocycles. The first-order valence-electron chi connectivity index (χ1n) is 5.26. The molecule has 84 valence electrons. The van der Waals surface area contributed by atoms with Gasteiger partial charge in [0.05, 0.1) is 0 Å². The van der Waals surface area contributed by atoms with E-state index < -0.39 is 5.95 Å². The molecule has 0 amide bonds. The highest BCUT2D eigenvalue weighted by molar-refractivity contribution is 5.40. The third-order valence-electron chi connectivity index (χ3n) is 1.87. The van der Waals surface area contributed by atoms with Crippen LogP contribution < -0.4 is 5.32 Å². The van der Waals surface area contributed by atoms with E-state index in [4.69, 9.17) is 4.74 Å². The van der Waals surface area contributed by atoms with Crippen molar-refractivity contribution in [2.45, 2.75) is 19.8 Å². The smallest absolute Gasteiger partial charge is 0.214 e. The molecule has 0 saturated heterocycles. The van der Waals surface area contributed by atoms with E-state index in [0.717, 1.165) is 38.3 Å². The summed E-state index contributed by atoms with van der Waals surface area (Å²) in [5.74, 6) is -0.456. The molecule has 0 radical (unpaired) electrons. The maximum absolute atomic E-state index is 12.7. The predicted molar refractivity (Wildman–Crippen MR) is 58.4 cm³/mol. The molecule has 0 aliphatic carbocycles. The van der Waals surface area contributed by atoms with Crippen molar-refractivity contribution in [3.63, 3.8) is 0 Å². The summed E-state index contributed by atoms with van der Waals surface area (Å²) in [6.45, 7) is 4.42. The molecule has 0 aliphatic rings. The van der Waals surface area contributed by atoms with Gasteiger partial charge in [0.1, 0.15) is 0 Å². The highest BCUT2D eigenvalue weighted by Gasteiger charge is 1.94. The zero-order chi connectivity index (χ0) is 10.9. The van der Waals surface area contributed by atoms with Crippen molar-refractivity contribution in [2.24, 2.45) is 0 Å². The van der Waals surface area contributed by atoms with Crippen molar-refractivity contribution in [1.82, 2.24) is 4.98 Å². The minimum atomic E-state index is -0.456. The molecule has 1 rings (SSSR count). The Hall–Kier alpha value is -1.16. The molecule has 15 heavy (non-hydrogen) atoms. The summed E-state index contributed by atoms with van der Waals surface area (Å²) in [7, 11) is 0. The number of ether oxygens (including phenoxy) is 1. The maximum Gasteiger partial charge on any atom is 0.214 e. The lowest BCUT2D eigenvalue weighted by atomic mass is 10.3. The van der Waals surface area contributed by atoms with Crippen LogP contribution in [0.1, 0.15) is 19.8 Å². The summed E-state index contributed by atoms with van der Waals surface area (Å²) < 4.78 is 18.0. The Kier molecular flexibility index (Phi) is 5.70. The number of rotatable bonds is 7. The van der Waals surface area contributed by atoms with Crippen molar-refractivity contribution >= 4 is 5.69 Å². The molecule has 1 aromatic heterocycles. The van der Waals surface area contributed by atoms with Gasteiger partial charge in [-0.15, -0.1) is 0 Å². The van der Waals surface area contributed by atoms with Crippen molar-refractivity contribution in [1.29, 1.82) is 0 Å². The summed E-state index contributed by atoms with van der Waals surface area (Å²) in [5, 5.41) is 3.10. The van der Waals surface area contributed by atoms with Gasteiger partial charge in [-0.25, -0.2) is 4.98 Å². The molecule has 0 fully saturated rings. The molecule has 1 heterocycles. The van der Waals surface area contributed by atoms with Gasteiger partial charge in [0.15, 0.2) is 0 Å². The first-order valence-corrected chi connectivity index (χ1v) is 5.26. The average Bonchev–Trinajstić information content (AvgIpc) is 2.23. The Morgan fingerprint density at radius 3 is 3.07 bits per heavy atom. The molecule has 3 nitrogen and oxygen atoms in total. The molecule has 0 atom stereocenters. The van der Waals surface area contributed by atoms with Crippen LogP contribution in [0.15, 0.2) is 18.3 Å². The maximum atomic E-state index is 12.7. The van der Waals surface area contributed by atoms with E-state index in [-0.39, 0.29) is 0 Å². The molecule has 0 spiro atoms. The number of nitrogens with one attached hydrogen (secondary N) is 1. The Labute approximate surface area is 89.7 Å². The predicted octanol–water partition coefficient (Wildman–Crippen LogP) is 2.45. The molecule has 1 aromatic rings. The van der Waals surface area contributed by atoms with Crippen molar-refractivity contribution in [2.75, 3.05) is 25.1 Å². The third kappa shape index (κ3) is 5.32. The number of anilines is 1. The number of hydrogen-bond acceptors (Lipinski definition) is 3. The van der Waals surface area contributed by atoms with E-state index in [1.54, 1.807) is 6.07 Å². The molecule has 4 heteroatoms. The second-order valence-corrected chi connectivity index (χ2v) is 3.26. The standard InChI is InChI=1S/C11H17FN2O/c1-2-7-15-8-3-5-13-10-4-6-14-11(12)9-10/h4,6,9H,2-3,5,7-8H2,1H3,(H,13,14). The molecule has 0 saturated carbocycles. The Morgan fingerprint density at radius 2 is 2.33 bits per heavy atom. The van der Waals surface area contributed by atoms with Crippen LogP contribution in [-0.2, 0) is 4.74 Å². The van der Waals surface area contributed by atoms with Crippen LogP contribution in [-0.4, -0.2) is 24.7 Å². The fourth-order valence-corrected chi connectivity index (χ4v) is 1.17. The average molecular weight is 212 g/mol. The van der Waals surface area contributed by atoms with E-state index in [2.05, 4.69) is 17.2 Å². The van der Waals surface area contributed by atoms with E-state index in [0.29, 0.717) is 0 Å². The Bertz CT molecular complexity index is 281. The van der Waals surface area contributed by atoms with Crippen LogP contribution in [0.4, 0.5) is 10.1 Å². The summed E-state index contributed by atoms with van der Waals surface area (Å²) in [6.07, 6.45) is 3.41. The lowest BCUT2D eigenvalue weighted by Crippen LogP contribution is -2.06. The molecule has 0 aromatic carbocycles. The first kappa shape index (κ1) is 11.9. The molecule has 1 N–H and O–H groups in total. The lowest BCUT2D eigenvalue weighted by Gasteiger charge is -2.06. The van der Waals surface area contributed by atoms with Crippen molar-refractivity contribution in [3.05, 3.63) is 24.3 Å². The van der Waals surface area contributed by atoms with Gasteiger partial charge in [-0.05, 0) is 18.9 Å². The van der Waals surface area contributed by atoms with E-state index in [1.807, 2.05) is 0 Å². The third-order valence-corrected chi connectivity index (χ3v) is 1.87. The second kappa shape index (κ2) is 7.17. The minimum Gasteiger partial charge on any atom is -0.385 e.